The fraction of sp³-hybridized carbons (Fsp3) is 0.417. The van der Waals surface area contributed by atoms with E-state index >= 15 is 0 Å². The molecular weight excluding hydrogens is 190 g/mol. The van der Waals surface area contributed by atoms with Crippen LogP contribution in [0, 0.1) is 5.92 Å². The van der Waals surface area contributed by atoms with Gasteiger partial charge in [0, 0.05) is 24.4 Å². The second kappa shape index (κ2) is 5.51. The van der Waals surface area contributed by atoms with Gasteiger partial charge < -0.3 is 10.4 Å². The number of hydrogen-bond donors (Lipinski definition) is 2. The maximum atomic E-state index is 11.0. The highest BCUT2D eigenvalue weighted by Crippen LogP contribution is 2.10. The predicted molar refractivity (Wildman–Crippen MR) is 61.2 cm³/mol. The molecule has 0 radical (unpaired) electrons. The Morgan fingerprint density at radius 2 is 2.00 bits per heavy atom. The van der Waals surface area contributed by atoms with Gasteiger partial charge in [0.1, 0.15) is 0 Å². The predicted octanol–water partition coefficient (Wildman–Crippen LogP) is 1.93. The van der Waals surface area contributed by atoms with Crippen molar-refractivity contribution in [2.24, 2.45) is 5.92 Å². The van der Waals surface area contributed by atoms with Gasteiger partial charge in [-0.15, -0.1) is 0 Å². The number of Topliss-reactive ketones (excluding diaryl/α,β-unsaturated/α-hetero) is 1. The summed E-state index contributed by atoms with van der Waals surface area (Å²) in [5.41, 5.74) is 1.69. The van der Waals surface area contributed by atoms with Crippen LogP contribution >= 0.6 is 0 Å². The number of ketones is 1. The highest BCUT2D eigenvalue weighted by molar-refractivity contribution is 5.94. The molecule has 0 bridgehead atoms. The standard InChI is InChI=1S/C12H17NO2/c1-9(8-14)7-13-12-5-3-11(4-6-12)10(2)15/h3-6,9,13-14H,7-8H2,1-2H3. The summed E-state index contributed by atoms with van der Waals surface area (Å²) in [5, 5.41) is 12.0. The van der Waals surface area contributed by atoms with Gasteiger partial charge in [-0.1, -0.05) is 6.92 Å². The summed E-state index contributed by atoms with van der Waals surface area (Å²) >= 11 is 0. The zero-order valence-electron chi connectivity index (χ0n) is 9.16. The van der Waals surface area contributed by atoms with E-state index in [-0.39, 0.29) is 18.3 Å². The van der Waals surface area contributed by atoms with Crippen molar-refractivity contribution in [2.75, 3.05) is 18.5 Å². The molecule has 0 aliphatic carbocycles. The van der Waals surface area contributed by atoms with Crippen LogP contribution in [0.2, 0.25) is 0 Å². The minimum Gasteiger partial charge on any atom is -0.396 e. The van der Waals surface area contributed by atoms with Crippen LogP contribution in [0.3, 0.4) is 0 Å². The van der Waals surface area contributed by atoms with Crippen LogP contribution < -0.4 is 5.32 Å². The summed E-state index contributed by atoms with van der Waals surface area (Å²) in [5.74, 6) is 0.308. The first-order chi connectivity index (χ1) is 7.13. The fourth-order valence-corrected chi connectivity index (χ4v) is 1.18. The van der Waals surface area contributed by atoms with Crippen LogP contribution in [0.5, 0.6) is 0 Å². The first kappa shape index (κ1) is 11.7. The van der Waals surface area contributed by atoms with Crippen LogP contribution in [-0.2, 0) is 0 Å². The third kappa shape index (κ3) is 3.72. The molecule has 0 fully saturated rings. The van der Waals surface area contributed by atoms with Gasteiger partial charge in [0.25, 0.3) is 0 Å². The molecule has 1 atom stereocenters. The van der Waals surface area contributed by atoms with Crippen molar-refractivity contribution in [2.45, 2.75) is 13.8 Å². The van der Waals surface area contributed by atoms with E-state index in [2.05, 4.69) is 5.32 Å². The van der Waals surface area contributed by atoms with Crippen molar-refractivity contribution in [3.05, 3.63) is 29.8 Å². The van der Waals surface area contributed by atoms with Crippen molar-refractivity contribution in [1.82, 2.24) is 0 Å². The number of carbonyl (C=O) groups is 1. The van der Waals surface area contributed by atoms with E-state index in [1.807, 2.05) is 19.1 Å². The van der Waals surface area contributed by atoms with Crippen molar-refractivity contribution >= 4 is 11.5 Å². The molecule has 15 heavy (non-hydrogen) atoms. The third-order valence-corrected chi connectivity index (χ3v) is 2.26. The Bertz CT molecular complexity index is 319. The number of aliphatic hydroxyl groups is 1. The quantitative estimate of drug-likeness (QED) is 0.725. The van der Waals surface area contributed by atoms with Gasteiger partial charge >= 0.3 is 0 Å². The topological polar surface area (TPSA) is 49.3 Å². The summed E-state index contributed by atoms with van der Waals surface area (Å²) in [6.07, 6.45) is 0. The summed E-state index contributed by atoms with van der Waals surface area (Å²) < 4.78 is 0. The molecule has 0 amide bonds. The van der Waals surface area contributed by atoms with Crippen LogP contribution in [0.15, 0.2) is 24.3 Å². The normalized spacial score (nSPS) is 12.2. The molecule has 1 rings (SSSR count). The summed E-state index contributed by atoms with van der Waals surface area (Å²) in [6.45, 7) is 4.43. The number of carbonyl (C=O) groups excluding carboxylic acids is 1. The largest absolute Gasteiger partial charge is 0.396 e. The Labute approximate surface area is 90.1 Å². The SMILES string of the molecule is CC(=O)c1ccc(NCC(C)CO)cc1. The average molecular weight is 207 g/mol. The number of benzene rings is 1. The van der Waals surface area contributed by atoms with Gasteiger partial charge in [-0.05, 0) is 37.1 Å². The maximum absolute atomic E-state index is 11.0. The van der Waals surface area contributed by atoms with Gasteiger partial charge in [-0.2, -0.15) is 0 Å². The lowest BCUT2D eigenvalue weighted by Crippen LogP contribution is -2.14. The van der Waals surface area contributed by atoms with Crippen molar-refractivity contribution in [1.29, 1.82) is 0 Å². The Morgan fingerprint density at radius 1 is 1.40 bits per heavy atom. The molecule has 0 saturated heterocycles. The van der Waals surface area contributed by atoms with E-state index < -0.39 is 0 Å². The summed E-state index contributed by atoms with van der Waals surface area (Å²) in [4.78, 5) is 11.0. The minimum atomic E-state index is 0.0743. The van der Waals surface area contributed by atoms with Gasteiger partial charge in [0.2, 0.25) is 0 Å². The van der Waals surface area contributed by atoms with E-state index in [1.54, 1.807) is 19.1 Å². The summed E-state index contributed by atoms with van der Waals surface area (Å²) in [6, 6.07) is 7.35. The van der Waals surface area contributed by atoms with E-state index in [4.69, 9.17) is 5.11 Å². The maximum Gasteiger partial charge on any atom is 0.159 e. The molecule has 1 unspecified atom stereocenters. The fourth-order valence-electron chi connectivity index (χ4n) is 1.18. The Morgan fingerprint density at radius 3 is 2.47 bits per heavy atom. The van der Waals surface area contributed by atoms with Crippen molar-refractivity contribution in [3.8, 4) is 0 Å². The molecule has 3 heteroatoms. The highest BCUT2D eigenvalue weighted by atomic mass is 16.3. The van der Waals surface area contributed by atoms with Crippen LogP contribution in [-0.4, -0.2) is 24.0 Å². The van der Waals surface area contributed by atoms with Crippen molar-refractivity contribution < 1.29 is 9.90 Å². The molecule has 0 saturated carbocycles. The molecule has 82 valence electrons. The Kier molecular flexibility index (Phi) is 4.31. The van der Waals surface area contributed by atoms with Crippen LogP contribution in [0.4, 0.5) is 5.69 Å². The third-order valence-electron chi connectivity index (χ3n) is 2.26. The second-order valence-electron chi connectivity index (χ2n) is 3.80. The van der Waals surface area contributed by atoms with E-state index in [0.717, 1.165) is 17.8 Å². The molecule has 2 N–H and O–H groups in total. The zero-order valence-corrected chi connectivity index (χ0v) is 9.16. The minimum absolute atomic E-state index is 0.0743. The van der Waals surface area contributed by atoms with Gasteiger partial charge in [0.15, 0.2) is 5.78 Å². The number of anilines is 1. The van der Waals surface area contributed by atoms with Gasteiger partial charge in [0.05, 0.1) is 0 Å². The molecule has 0 aromatic heterocycles. The lowest BCUT2D eigenvalue weighted by Gasteiger charge is -2.10. The van der Waals surface area contributed by atoms with E-state index in [1.165, 1.54) is 0 Å². The lowest BCUT2D eigenvalue weighted by atomic mass is 10.1. The zero-order chi connectivity index (χ0) is 11.3. The Hall–Kier alpha value is -1.35. The number of nitrogens with one attached hydrogen (secondary N) is 1. The first-order valence-corrected chi connectivity index (χ1v) is 5.09. The first-order valence-electron chi connectivity index (χ1n) is 5.09. The van der Waals surface area contributed by atoms with Gasteiger partial charge in [-0.3, -0.25) is 4.79 Å². The molecule has 1 aromatic rings. The molecule has 0 heterocycles. The van der Waals surface area contributed by atoms with E-state index in [0.29, 0.717) is 0 Å². The highest BCUT2D eigenvalue weighted by Gasteiger charge is 2.01. The molecule has 0 spiro atoms. The Balaban J connectivity index is 2.53. The lowest BCUT2D eigenvalue weighted by molar-refractivity contribution is 0.101. The van der Waals surface area contributed by atoms with Gasteiger partial charge in [-0.25, -0.2) is 0 Å². The molecular formula is C12H17NO2. The molecule has 1 aromatic carbocycles. The monoisotopic (exact) mass is 207 g/mol. The molecule has 0 aliphatic heterocycles. The smallest absolute Gasteiger partial charge is 0.159 e. The number of aliphatic hydroxyl groups excluding tert-OH is 1. The summed E-state index contributed by atoms with van der Waals surface area (Å²) in [7, 11) is 0. The van der Waals surface area contributed by atoms with Crippen LogP contribution in [0.1, 0.15) is 24.2 Å². The van der Waals surface area contributed by atoms with E-state index in [9.17, 15) is 4.79 Å². The molecule has 0 aliphatic rings. The number of hydrogen-bond acceptors (Lipinski definition) is 3. The second-order valence-corrected chi connectivity index (χ2v) is 3.80. The van der Waals surface area contributed by atoms with Crippen molar-refractivity contribution in [3.63, 3.8) is 0 Å². The average Bonchev–Trinajstić information content (AvgIpc) is 2.26. The molecule has 3 nitrogen and oxygen atoms in total. The number of rotatable bonds is 5. The van der Waals surface area contributed by atoms with Crippen LogP contribution in [0.25, 0.3) is 0 Å².